The summed E-state index contributed by atoms with van der Waals surface area (Å²) in [4.78, 5) is 0. The van der Waals surface area contributed by atoms with E-state index in [4.69, 9.17) is 0 Å². The zero-order valence-electron chi connectivity index (χ0n) is 7.25. The molecule has 1 saturated carbocycles. The third kappa shape index (κ3) is 3.04. The Labute approximate surface area is 68.3 Å². The molecule has 0 aromatic rings. The summed E-state index contributed by atoms with van der Waals surface area (Å²) in [7, 11) is 0. The van der Waals surface area contributed by atoms with Crippen LogP contribution >= 0.6 is 0 Å². The van der Waals surface area contributed by atoms with E-state index in [0.29, 0.717) is 6.04 Å². The second-order valence-corrected chi connectivity index (χ2v) is 3.27. The summed E-state index contributed by atoms with van der Waals surface area (Å²) >= 11 is 0. The van der Waals surface area contributed by atoms with Gasteiger partial charge in [-0.15, -0.1) is 0 Å². The fourth-order valence-corrected chi connectivity index (χ4v) is 1.05. The maximum absolute atomic E-state index is 9.50. The molecule has 1 aliphatic rings. The zero-order valence-corrected chi connectivity index (χ0v) is 7.25. The summed E-state index contributed by atoms with van der Waals surface area (Å²) in [6, 6.07) is 0.581. The summed E-state index contributed by atoms with van der Waals surface area (Å²) in [6.07, 6.45) is 6.07. The van der Waals surface area contributed by atoms with E-state index < -0.39 is 0 Å². The molecule has 0 aliphatic heterocycles. The third-order valence-corrected chi connectivity index (χ3v) is 1.98. The Morgan fingerprint density at radius 1 is 1.55 bits per heavy atom. The molecule has 0 spiro atoms. The molecule has 0 aromatic heterocycles. The molecular weight excluding hydrogens is 138 g/mol. The van der Waals surface area contributed by atoms with Gasteiger partial charge in [-0.05, 0) is 19.8 Å². The maximum Gasteiger partial charge on any atom is 0.111 e. The van der Waals surface area contributed by atoms with Gasteiger partial charge in [-0.3, -0.25) is 5.32 Å². The lowest BCUT2D eigenvalue weighted by molar-refractivity contribution is 0.1000. The predicted molar refractivity (Wildman–Crippen MR) is 46.1 cm³/mol. The molecule has 0 saturated heterocycles. The summed E-state index contributed by atoms with van der Waals surface area (Å²) in [6.45, 7) is 3.99. The Hall–Kier alpha value is -0.340. The Kier molecular flexibility index (Phi) is 3.09. The van der Waals surface area contributed by atoms with E-state index in [2.05, 4.69) is 5.32 Å². The minimum Gasteiger partial charge on any atom is -0.378 e. The highest BCUT2D eigenvalue weighted by molar-refractivity contribution is 4.90. The van der Waals surface area contributed by atoms with Crippen molar-refractivity contribution in [3.63, 3.8) is 0 Å². The van der Waals surface area contributed by atoms with Gasteiger partial charge in [0.05, 0.1) is 0 Å². The van der Waals surface area contributed by atoms with Crippen LogP contribution in [0, 0.1) is 5.92 Å². The van der Waals surface area contributed by atoms with Crippen molar-refractivity contribution in [3.05, 3.63) is 12.2 Å². The minimum absolute atomic E-state index is 0.223. The van der Waals surface area contributed by atoms with Crippen LogP contribution in [0.2, 0.25) is 0 Å². The topological polar surface area (TPSA) is 32.3 Å². The Balaban J connectivity index is 2.20. The standard InChI is InChI=1S/C9H17NO/c1-3-4-7(2)9(11)10-8-5-6-8/h3-4,7-11H,5-6H2,1-2H3/b4-3-. The molecule has 0 amide bonds. The van der Waals surface area contributed by atoms with Crippen LogP contribution in [0.4, 0.5) is 0 Å². The van der Waals surface area contributed by atoms with Gasteiger partial charge < -0.3 is 5.11 Å². The van der Waals surface area contributed by atoms with E-state index in [1.807, 2.05) is 26.0 Å². The highest BCUT2D eigenvalue weighted by atomic mass is 16.3. The maximum atomic E-state index is 9.50. The summed E-state index contributed by atoms with van der Waals surface area (Å²) in [5.74, 6) is 0.223. The van der Waals surface area contributed by atoms with Crippen LogP contribution in [-0.4, -0.2) is 17.4 Å². The average Bonchev–Trinajstić information content (AvgIpc) is 2.72. The van der Waals surface area contributed by atoms with Crippen LogP contribution in [0.15, 0.2) is 12.2 Å². The van der Waals surface area contributed by atoms with E-state index in [1.165, 1.54) is 12.8 Å². The highest BCUT2D eigenvalue weighted by Gasteiger charge is 2.24. The number of rotatable bonds is 4. The van der Waals surface area contributed by atoms with Crippen molar-refractivity contribution in [1.29, 1.82) is 0 Å². The molecule has 0 aromatic carbocycles. The highest BCUT2D eigenvalue weighted by Crippen LogP contribution is 2.20. The molecule has 2 nitrogen and oxygen atoms in total. The molecular formula is C9H17NO. The first-order chi connectivity index (χ1) is 5.24. The number of nitrogens with one attached hydrogen (secondary N) is 1. The van der Waals surface area contributed by atoms with Crippen molar-refractivity contribution in [2.45, 2.75) is 39.0 Å². The van der Waals surface area contributed by atoms with E-state index in [9.17, 15) is 5.11 Å². The van der Waals surface area contributed by atoms with Crippen LogP contribution < -0.4 is 5.32 Å². The van der Waals surface area contributed by atoms with Crippen molar-refractivity contribution < 1.29 is 5.11 Å². The Morgan fingerprint density at radius 2 is 2.18 bits per heavy atom. The van der Waals surface area contributed by atoms with Gasteiger partial charge in [-0.1, -0.05) is 19.1 Å². The largest absolute Gasteiger partial charge is 0.378 e. The predicted octanol–water partition coefficient (Wildman–Crippen LogP) is 1.27. The normalized spacial score (nSPS) is 23.9. The lowest BCUT2D eigenvalue weighted by Gasteiger charge is -2.16. The van der Waals surface area contributed by atoms with Gasteiger partial charge in [0.2, 0.25) is 0 Å². The number of hydrogen-bond acceptors (Lipinski definition) is 2. The molecule has 1 rings (SSSR count). The summed E-state index contributed by atoms with van der Waals surface area (Å²) in [5, 5.41) is 12.6. The molecule has 64 valence electrons. The quantitative estimate of drug-likeness (QED) is 0.473. The first kappa shape index (κ1) is 8.75. The van der Waals surface area contributed by atoms with E-state index in [0.717, 1.165) is 0 Å². The molecule has 0 heterocycles. The van der Waals surface area contributed by atoms with Crippen molar-refractivity contribution in [2.75, 3.05) is 0 Å². The fraction of sp³-hybridized carbons (Fsp3) is 0.778. The number of hydrogen-bond donors (Lipinski definition) is 2. The average molecular weight is 155 g/mol. The van der Waals surface area contributed by atoms with Crippen molar-refractivity contribution in [2.24, 2.45) is 5.92 Å². The fourth-order valence-electron chi connectivity index (χ4n) is 1.05. The molecule has 2 heteroatoms. The van der Waals surface area contributed by atoms with Crippen LogP contribution in [0.5, 0.6) is 0 Å². The van der Waals surface area contributed by atoms with Gasteiger partial charge >= 0.3 is 0 Å². The molecule has 1 aliphatic carbocycles. The summed E-state index contributed by atoms with van der Waals surface area (Å²) < 4.78 is 0. The first-order valence-corrected chi connectivity index (χ1v) is 4.31. The monoisotopic (exact) mass is 155 g/mol. The van der Waals surface area contributed by atoms with Crippen molar-refractivity contribution in [1.82, 2.24) is 5.32 Å². The molecule has 1 fully saturated rings. The van der Waals surface area contributed by atoms with Gasteiger partial charge in [0.25, 0.3) is 0 Å². The van der Waals surface area contributed by atoms with Crippen molar-refractivity contribution >= 4 is 0 Å². The lowest BCUT2D eigenvalue weighted by atomic mass is 10.1. The third-order valence-electron chi connectivity index (χ3n) is 1.98. The second-order valence-electron chi connectivity index (χ2n) is 3.27. The van der Waals surface area contributed by atoms with Gasteiger partial charge in [0, 0.05) is 12.0 Å². The van der Waals surface area contributed by atoms with E-state index in [-0.39, 0.29) is 12.1 Å². The van der Waals surface area contributed by atoms with Gasteiger partial charge in [-0.2, -0.15) is 0 Å². The van der Waals surface area contributed by atoms with Crippen LogP contribution in [0.25, 0.3) is 0 Å². The molecule has 0 radical (unpaired) electrons. The number of aliphatic hydroxyl groups is 1. The van der Waals surface area contributed by atoms with Gasteiger partial charge in [0.1, 0.15) is 6.23 Å². The number of aliphatic hydroxyl groups excluding tert-OH is 1. The smallest absolute Gasteiger partial charge is 0.111 e. The van der Waals surface area contributed by atoms with Gasteiger partial charge in [0.15, 0.2) is 0 Å². The first-order valence-electron chi connectivity index (χ1n) is 4.31. The number of allylic oxidation sites excluding steroid dienone is 1. The van der Waals surface area contributed by atoms with E-state index in [1.54, 1.807) is 0 Å². The lowest BCUT2D eigenvalue weighted by Crippen LogP contribution is -2.35. The minimum atomic E-state index is -0.362. The second kappa shape index (κ2) is 3.88. The molecule has 2 atom stereocenters. The van der Waals surface area contributed by atoms with Crippen LogP contribution in [0.3, 0.4) is 0 Å². The van der Waals surface area contributed by atoms with Crippen LogP contribution in [-0.2, 0) is 0 Å². The van der Waals surface area contributed by atoms with E-state index >= 15 is 0 Å². The van der Waals surface area contributed by atoms with Crippen LogP contribution in [0.1, 0.15) is 26.7 Å². The molecule has 2 N–H and O–H groups in total. The zero-order chi connectivity index (χ0) is 8.27. The Morgan fingerprint density at radius 3 is 2.64 bits per heavy atom. The Bertz CT molecular complexity index is 140. The summed E-state index contributed by atoms with van der Waals surface area (Å²) in [5.41, 5.74) is 0. The molecule has 2 unspecified atom stereocenters. The SMILES string of the molecule is C/C=C\C(C)C(O)NC1CC1. The molecule has 11 heavy (non-hydrogen) atoms. The van der Waals surface area contributed by atoms with Gasteiger partial charge in [-0.25, -0.2) is 0 Å². The molecule has 0 bridgehead atoms. The van der Waals surface area contributed by atoms with Crippen molar-refractivity contribution in [3.8, 4) is 0 Å².